The van der Waals surface area contributed by atoms with Gasteiger partial charge < -0.3 is 0 Å². The Hall–Kier alpha value is -2.34. The molecule has 0 amide bonds. The summed E-state index contributed by atoms with van der Waals surface area (Å²) in [6, 6.07) is 0. The fourth-order valence-electron chi connectivity index (χ4n) is 5.25. The first-order chi connectivity index (χ1) is 15.7. The lowest BCUT2D eigenvalue weighted by Gasteiger charge is -2.27. The summed E-state index contributed by atoms with van der Waals surface area (Å²) < 4.78 is 0. The molecular weight excluding hydrogens is 396 g/mol. The van der Waals surface area contributed by atoms with Crippen LogP contribution in [0.1, 0.15) is 66.7 Å². The quantitative estimate of drug-likeness (QED) is 0.354. The van der Waals surface area contributed by atoms with Crippen LogP contribution in [0.25, 0.3) is 0 Å². The summed E-state index contributed by atoms with van der Waals surface area (Å²) in [6.45, 7) is 16.2. The van der Waals surface area contributed by atoms with Crippen molar-refractivity contribution in [2.75, 3.05) is 0 Å². The summed E-state index contributed by atoms with van der Waals surface area (Å²) in [6.07, 6.45) is 31.8. The van der Waals surface area contributed by atoms with Gasteiger partial charge in [0.2, 0.25) is 0 Å². The average molecular weight is 439 g/mol. The van der Waals surface area contributed by atoms with Crippen molar-refractivity contribution in [1.29, 1.82) is 0 Å². The molecule has 0 fully saturated rings. The standard InChI is InChI=1S/C33H42/c1-23(30-18-24(2)32-13-8-7-12-29(32)22-30)14-15-27-20-28-17-16-26(19-31(28)21-27)11-9-10-25(3)33(4,5)6/h7-8,12-13,16-23,25,31-32H,2,9-11,14-15H2,1,3-6H3. The van der Waals surface area contributed by atoms with E-state index in [2.05, 4.69) is 108 Å². The Morgan fingerprint density at radius 1 is 0.848 bits per heavy atom. The molecule has 0 nitrogen and oxygen atoms in total. The van der Waals surface area contributed by atoms with Crippen LogP contribution in [-0.2, 0) is 0 Å². The first-order valence-corrected chi connectivity index (χ1v) is 13.0. The highest BCUT2D eigenvalue weighted by molar-refractivity contribution is 5.52. The zero-order valence-corrected chi connectivity index (χ0v) is 21.4. The number of hydrogen-bond donors (Lipinski definition) is 0. The van der Waals surface area contributed by atoms with Gasteiger partial charge in [0.15, 0.2) is 0 Å². The third kappa shape index (κ3) is 5.78. The second-order valence-corrected chi connectivity index (χ2v) is 11.7. The van der Waals surface area contributed by atoms with Gasteiger partial charge in [0.25, 0.3) is 0 Å². The maximum Gasteiger partial charge on any atom is 0.0266 e. The minimum Gasteiger partial charge on any atom is -0.0949 e. The predicted molar refractivity (Wildman–Crippen MR) is 145 cm³/mol. The van der Waals surface area contributed by atoms with Gasteiger partial charge in [-0.25, -0.2) is 0 Å². The Morgan fingerprint density at radius 2 is 1.64 bits per heavy atom. The van der Waals surface area contributed by atoms with Gasteiger partial charge in [-0.15, -0.1) is 0 Å². The van der Waals surface area contributed by atoms with Crippen LogP contribution >= 0.6 is 0 Å². The lowest BCUT2D eigenvalue weighted by Crippen LogP contribution is -2.17. The van der Waals surface area contributed by atoms with Crippen molar-refractivity contribution in [3.8, 4) is 0 Å². The van der Waals surface area contributed by atoms with E-state index in [0.717, 1.165) is 12.3 Å². The molecule has 0 bridgehead atoms. The fraction of sp³-hybridized carbons (Fsp3) is 0.455. The zero-order valence-electron chi connectivity index (χ0n) is 21.4. The van der Waals surface area contributed by atoms with E-state index in [1.54, 1.807) is 0 Å². The molecule has 0 aliphatic heterocycles. The molecule has 0 heterocycles. The van der Waals surface area contributed by atoms with Crippen LogP contribution in [0.2, 0.25) is 0 Å². The SMILES string of the molecule is C=C1C=C(C(C)CCC2=CC3C=C(CCCC(C)C(C)(C)C)C=CC3=C2)C=C2C=CC=CC12. The van der Waals surface area contributed by atoms with E-state index in [0.29, 0.717) is 23.2 Å². The monoisotopic (exact) mass is 438 g/mol. The van der Waals surface area contributed by atoms with Crippen molar-refractivity contribution in [1.82, 2.24) is 0 Å². The van der Waals surface area contributed by atoms with Gasteiger partial charge in [-0.2, -0.15) is 0 Å². The Kier molecular flexibility index (Phi) is 7.13. The maximum absolute atomic E-state index is 4.33. The molecular formula is C33H42. The van der Waals surface area contributed by atoms with E-state index < -0.39 is 0 Å². The first kappa shape index (κ1) is 23.8. The van der Waals surface area contributed by atoms with Gasteiger partial charge in [-0.1, -0.05) is 119 Å². The molecule has 4 aliphatic carbocycles. The summed E-state index contributed by atoms with van der Waals surface area (Å²) in [5, 5.41) is 0. The molecule has 0 saturated carbocycles. The molecule has 0 saturated heterocycles. The van der Waals surface area contributed by atoms with Crippen LogP contribution in [0, 0.1) is 29.1 Å². The largest absolute Gasteiger partial charge is 0.0949 e. The third-order valence-corrected chi connectivity index (χ3v) is 8.18. The van der Waals surface area contributed by atoms with Gasteiger partial charge in [0.1, 0.15) is 0 Å². The maximum atomic E-state index is 4.33. The molecule has 4 aliphatic rings. The van der Waals surface area contributed by atoms with Gasteiger partial charge in [0, 0.05) is 11.8 Å². The van der Waals surface area contributed by atoms with Gasteiger partial charge >= 0.3 is 0 Å². The van der Waals surface area contributed by atoms with E-state index in [1.165, 1.54) is 59.1 Å². The Morgan fingerprint density at radius 3 is 2.42 bits per heavy atom. The zero-order chi connectivity index (χ0) is 23.6. The van der Waals surface area contributed by atoms with Gasteiger partial charge in [-0.3, -0.25) is 0 Å². The van der Waals surface area contributed by atoms with Crippen LogP contribution in [-0.4, -0.2) is 0 Å². The van der Waals surface area contributed by atoms with Crippen molar-refractivity contribution in [3.63, 3.8) is 0 Å². The molecule has 0 radical (unpaired) electrons. The highest BCUT2D eigenvalue weighted by atomic mass is 14.3. The molecule has 0 heteroatoms. The van der Waals surface area contributed by atoms with Crippen LogP contribution in [0.5, 0.6) is 0 Å². The first-order valence-electron chi connectivity index (χ1n) is 13.0. The Bertz CT molecular complexity index is 1020. The van der Waals surface area contributed by atoms with E-state index >= 15 is 0 Å². The Labute approximate surface area is 202 Å². The van der Waals surface area contributed by atoms with Crippen molar-refractivity contribution >= 4 is 0 Å². The van der Waals surface area contributed by atoms with Crippen LogP contribution in [0.3, 0.4) is 0 Å². The number of rotatable bonds is 8. The van der Waals surface area contributed by atoms with Gasteiger partial charge in [0.05, 0.1) is 0 Å². The minimum atomic E-state index is 0.376. The van der Waals surface area contributed by atoms with Crippen LogP contribution in [0.15, 0.2) is 107 Å². The second kappa shape index (κ2) is 9.88. The molecule has 0 aromatic carbocycles. The summed E-state index contributed by atoms with van der Waals surface area (Å²) in [5.74, 6) is 2.18. The fourth-order valence-corrected chi connectivity index (χ4v) is 5.25. The minimum absolute atomic E-state index is 0.376. The van der Waals surface area contributed by atoms with E-state index in [4.69, 9.17) is 0 Å². The molecule has 0 aromatic rings. The van der Waals surface area contributed by atoms with Crippen molar-refractivity contribution in [2.45, 2.75) is 66.7 Å². The summed E-state index contributed by atoms with van der Waals surface area (Å²) in [5.41, 5.74) is 8.95. The van der Waals surface area contributed by atoms with E-state index in [1.807, 2.05) is 0 Å². The normalized spacial score (nSPS) is 25.5. The number of hydrogen-bond acceptors (Lipinski definition) is 0. The highest BCUT2D eigenvalue weighted by Gasteiger charge is 2.23. The molecule has 4 rings (SSSR count). The van der Waals surface area contributed by atoms with Gasteiger partial charge in [-0.05, 0) is 71.6 Å². The third-order valence-electron chi connectivity index (χ3n) is 8.18. The lowest BCUT2D eigenvalue weighted by atomic mass is 9.79. The topological polar surface area (TPSA) is 0 Å². The second-order valence-electron chi connectivity index (χ2n) is 11.7. The number of fused-ring (bicyclic) bond motifs is 2. The molecule has 0 aromatic heterocycles. The predicted octanol–water partition coefficient (Wildman–Crippen LogP) is 9.40. The summed E-state index contributed by atoms with van der Waals surface area (Å²) in [7, 11) is 0. The van der Waals surface area contributed by atoms with Crippen LogP contribution in [0.4, 0.5) is 0 Å². The van der Waals surface area contributed by atoms with Crippen molar-refractivity contribution < 1.29 is 0 Å². The van der Waals surface area contributed by atoms with Crippen molar-refractivity contribution in [2.24, 2.45) is 29.1 Å². The molecule has 33 heavy (non-hydrogen) atoms. The molecule has 0 N–H and O–H groups in total. The van der Waals surface area contributed by atoms with E-state index in [9.17, 15) is 0 Å². The average Bonchev–Trinajstić information content (AvgIpc) is 3.19. The van der Waals surface area contributed by atoms with E-state index in [-0.39, 0.29) is 0 Å². The molecule has 4 atom stereocenters. The summed E-state index contributed by atoms with van der Waals surface area (Å²) in [4.78, 5) is 0. The lowest BCUT2D eigenvalue weighted by molar-refractivity contribution is 0.243. The Balaban J connectivity index is 1.30. The molecule has 0 spiro atoms. The smallest absolute Gasteiger partial charge is 0.0266 e. The number of allylic oxidation sites excluding steroid dienone is 17. The highest BCUT2D eigenvalue weighted by Crippen LogP contribution is 2.38. The van der Waals surface area contributed by atoms with Crippen molar-refractivity contribution in [3.05, 3.63) is 107 Å². The molecule has 4 unspecified atom stereocenters. The molecule has 174 valence electrons. The van der Waals surface area contributed by atoms with Crippen LogP contribution < -0.4 is 0 Å². The summed E-state index contributed by atoms with van der Waals surface area (Å²) >= 11 is 0.